The molecule has 0 atom stereocenters. The number of hydrogen-bond acceptors (Lipinski definition) is 3. The number of benzene rings is 1. The van der Waals surface area contributed by atoms with Crippen LogP contribution >= 0.6 is 0 Å². The zero-order valence-corrected chi connectivity index (χ0v) is 8.92. The first-order valence-corrected chi connectivity index (χ1v) is 4.70. The summed E-state index contributed by atoms with van der Waals surface area (Å²) >= 11 is 0. The van der Waals surface area contributed by atoms with Crippen LogP contribution in [0.5, 0.6) is 0 Å². The molecule has 0 aliphatic rings. The van der Waals surface area contributed by atoms with Gasteiger partial charge in [0.1, 0.15) is 5.82 Å². The highest BCUT2D eigenvalue weighted by Gasteiger charge is 2.11. The molecule has 0 fully saturated rings. The third-order valence-electron chi connectivity index (χ3n) is 1.99. The Morgan fingerprint density at radius 2 is 2.38 bits per heavy atom. The van der Waals surface area contributed by atoms with Crippen LogP contribution in [-0.2, 0) is 11.3 Å². The van der Waals surface area contributed by atoms with E-state index in [1.807, 2.05) is 0 Å². The van der Waals surface area contributed by atoms with Crippen LogP contribution in [0.2, 0.25) is 0 Å². The Morgan fingerprint density at radius 3 is 2.94 bits per heavy atom. The van der Waals surface area contributed by atoms with Crippen molar-refractivity contribution in [1.82, 2.24) is 5.32 Å². The quantitative estimate of drug-likeness (QED) is 0.473. The van der Waals surface area contributed by atoms with E-state index in [1.165, 1.54) is 19.2 Å². The van der Waals surface area contributed by atoms with Crippen molar-refractivity contribution in [2.75, 3.05) is 13.7 Å². The van der Waals surface area contributed by atoms with Gasteiger partial charge in [0.2, 0.25) is 0 Å². The third-order valence-corrected chi connectivity index (χ3v) is 1.99. The van der Waals surface area contributed by atoms with E-state index in [9.17, 15) is 9.18 Å². The summed E-state index contributed by atoms with van der Waals surface area (Å²) < 4.78 is 17.9. The topological polar surface area (TPSA) is 38.3 Å². The fourth-order valence-corrected chi connectivity index (χ4v) is 1.22. The number of nitrogens with one attached hydrogen (secondary N) is 1. The molecule has 0 heterocycles. The Hall–Kier alpha value is -1.86. The van der Waals surface area contributed by atoms with Gasteiger partial charge in [0.05, 0.1) is 19.2 Å². The summed E-state index contributed by atoms with van der Waals surface area (Å²) in [7, 11) is 1.21. The summed E-state index contributed by atoms with van der Waals surface area (Å²) in [4.78, 5) is 11.1. The van der Waals surface area contributed by atoms with Crippen LogP contribution in [0.4, 0.5) is 4.39 Å². The van der Waals surface area contributed by atoms with Gasteiger partial charge in [0.15, 0.2) is 0 Å². The van der Waals surface area contributed by atoms with Crippen molar-refractivity contribution in [3.8, 4) is 12.3 Å². The van der Waals surface area contributed by atoms with Crippen LogP contribution in [0.15, 0.2) is 18.2 Å². The molecule has 1 aromatic carbocycles. The van der Waals surface area contributed by atoms with Gasteiger partial charge in [-0.25, -0.2) is 9.18 Å². The van der Waals surface area contributed by atoms with Crippen molar-refractivity contribution in [1.29, 1.82) is 0 Å². The second kappa shape index (κ2) is 5.89. The lowest BCUT2D eigenvalue weighted by Crippen LogP contribution is -2.13. The average Bonchev–Trinajstić information content (AvgIpc) is 2.29. The number of methoxy groups -OCH3 is 1. The van der Waals surface area contributed by atoms with E-state index in [1.54, 1.807) is 6.07 Å². The molecule has 0 aromatic heterocycles. The lowest BCUT2D eigenvalue weighted by atomic mass is 10.1. The predicted octanol–water partition coefficient (Wildman–Crippen LogP) is 1.34. The molecular formula is C12H12FNO2. The molecule has 0 unspecified atom stereocenters. The van der Waals surface area contributed by atoms with E-state index in [0.29, 0.717) is 13.1 Å². The molecule has 0 aliphatic heterocycles. The van der Waals surface area contributed by atoms with Gasteiger partial charge in [0.25, 0.3) is 0 Å². The molecule has 0 saturated heterocycles. The monoisotopic (exact) mass is 221 g/mol. The summed E-state index contributed by atoms with van der Waals surface area (Å²) in [6, 6.07) is 4.34. The van der Waals surface area contributed by atoms with E-state index < -0.39 is 11.8 Å². The van der Waals surface area contributed by atoms with Crippen molar-refractivity contribution < 1.29 is 13.9 Å². The van der Waals surface area contributed by atoms with Crippen LogP contribution in [0.3, 0.4) is 0 Å². The smallest absolute Gasteiger partial charge is 0.340 e. The fourth-order valence-electron chi connectivity index (χ4n) is 1.22. The van der Waals surface area contributed by atoms with E-state index in [4.69, 9.17) is 6.42 Å². The molecule has 84 valence electrons. The zero-order chi connectivity index (χ0) is 12.0. The highest BCUT2D eigenvalue weighted by atomic mass is 19.1. The molecule has 0 amide bonds. The summed E-state index contributed by atoms with van der Waals surface area (Å²) in [5, 5.41) is 2.92. The largest absolute Gasteiger partial charge is 0.465 e. The molecule has 16 heavy (non-hydrogen) atoms. The molecule has 0 spiro atoms. The maximum absolute atomic E-state index is 13.4. The molecule has 1 aromatic rings. The Morgan fingerprint density at radius 1 is 1.62 bits per heavy atom. The van der Waals surface area contributed by atoms with Crippen LogP contribution in [0, 0.1) is 18.2 Å². The number of carbonyl (C=O) groups excluding carboxylic acids is 1. The van der Waals surface area contributed by atoms with E-state index in [2.05, 4.69) is 16.0 Å². The Bertz CT molecular complexity index is 424. The van der Waals surface area contributed by atoms with Crippen molar-refractivity contribution >= 4 is 5.97 Å². The van der Waals surface area contributed by atoms with Gasteiger partial charge in [-0.3, -0.25) is 0 Å². The summed E-state index contributed by atoms with van der Waals surface area (Å²) in [6.45, 7) is 0.878. The van der Waals surface area contributed by atoms with E-state index in [0.717, 1.165) is 5.56 Å². The summed E-state index contributed by atoms with van der Waals surface area (Å²) in [5.74, 6) is 1.14. The lowest BCUT2D eigenvalue weighted by Gasteiger charge is -2.05. The minimum Gasteiger partial charge on any atom is -0.465 e. The lowest BCUT2D eigenvalue weighted by molar-refractivity contribution is 0.0595. The minimum absolute atomic E-state index is 0.0665. The normalized spacial score (nSPS) is 9.56. The van der Waals surface area contributed by atoms with Crippen LogP contribution in [0.25, 0.3) is 0 Å². The molecule has 3 nitrogen and oxygen atoms in total. The van der Waals surface area contributed by atoms with Crippen molar-refractivity contribution in [3.05, 3.63) is 35.1 Å². The first-order chi connectivity index (χ1) is 7.69. The molecule has 1 N–H and O–H groups in total. The highest BCUT2D eigenvalue weighted by molar-refractivity contribution is 5.89. The average molecular weight is 221 g/mol. The van der Waals surface area contributed by atoms with Crippen molar-refractivity contribution in [2.45, 2.75) is 6.54 Å². The van der Waals surface area contributed by atoms with Gasteiger partial charge < -0.3 is 10.1 Å². The SMILES string of the molecule is C#CCNCc1ccc(C(=O)OC)c(F)c1. The van der Waals surface area contributed by atoms with E-state index in [-0.39, 0.29) is 5.56 Å². The van der Waals surface area contributed by atoms with Crippen LogP contribution in [-0.4, -0.2) is 19.6 Å². The summed E-state index contributed by atoms with van der Waals surface area (Å²) in [5.41, 5.74) is 0.656. The zero-order valence-electron chi connectivity index (χ0n) is 8.92. The van der Waals surface area contributed by atoms with Gasteiger partial charge in [-0.05, 0) is 17.7 Å². The Kier molecular flexibility index (Phi) is 4.49. The number of rotatable bonds is 4. The number of hydrogen-bond donors (Lipinski definition) is 1. The number of esters is 1. The standard InChI is InChI=1S/C12H12FNO2/c1-3-6-14-8-9-4-5-10(11(13)7-9)12(15)16-2/h1,4-5,7,14H,6,8H2,2H3. The van der Waals surface area contributed by atoms with Crippen LogP contribution in [0.1, 0.15) is 15.9 Å². The predicted molar refractivity (Wildman–Crippen MR) is 58.3 cm³/mol. The molecule has 0 aliphatic carbocycles. The Balaban J connectivity index is 2.75. The molecule has 1 rings (SSSR count). The summed E-state index contributed by atoms with van der Waals surface area (Å²) in [6.07, 6.45) is 5.06. The maximum Gasteiger partial charge on any atom is 0.340 e. The molecule has 0 saturated carbocycles. The molecular weight excluding hydrogens is 209 g/mol. The molecule has 0 radical (unpaired) electrons. The fraction of sp³-hybridized carbons (Fsp3) is 0.250. The minimum atomic E-state index is -0.680. The third kappa shape index (κ3) is 3.07. The van der Waals surface area contributed by atoms with Gasteiger partial charge in [-0.15, -0.1) is 6.42 Å². The van der Waals surface area contributed by atoms with Crippen molar-refractivity contribution in [2.24, 2.45) is 0 Å². The van der Waals surface area contributed by atoms with Crippen LogP contribution < -0.4 is 5.32 Å². The number of ether oxygens (including phenoxy) is 1. The number of carbonyl (C=O) groups is 1. The second-order valence-electron chi connectivity index (χ2n) is 3.11. The first kappa shape index (κ1) is 12.2. The van der Waals surface area contributed by atoms with Gasteiger partial charge >= 0.3 is 5.97 Å². The maximum atomic E-state index is 13.4. The molecule has 0 bridgehead atoms. The number of terminal acetylenes is 1. The highest BCUT2D eigenvalue weighted by Crippen LogP contribution is 2.11. The second-order valence-corrected chi connectivity index (χ2v) is 3.11. The number of halogens is 1. The van der Waals surface area contributed by atoms with Gasteiger partial charge in [-0.2, -0.15) is 0 Å². The van der Waals surface area contributed by atoms with Gasteiger partial charge in [0, 0.05) is 6.54 Å². The first-order valence-electron chi connectivity index (χ1n) is 4.70. The van der Waals surface area contributed by atoms with E-state index >= 15 is 0 Å². The molecule has 4 heteroatoms. The van der Waals surface area contributed by atoms with Gasteiger partial charge in [-0.1, -0.05) is 12.0 Å². The Labute approximate surface area is 93.6 Å². The van der Waals surface area contributed by atoms with Crippen molar-refractivity contribution in [3.63, 3.8) is 0 Å².